The Hall–Kier alpha value is -2.69. The van der Waals surface area contributed by atoms with E-state index < -0.39 is 18.0 Å². The Labute approximate surface area is 189 Å². The molecule has 33 heavy (non-hydrogen) atoms. The molecule has 0 aromatic heterocycles. The molecule has 1 aliphatic heterocycles. The van der Waals surface area contributed by atoms with E-state index in [9.17, 15) is 27.2 Å². The second kappa shape index (κ2) is 12.5. The normalized spacial score (nSPS) is 17.0. The number of carboxylic acid groups (broad SMARTS) is 1. The SMILES string of the molecule is O=C(CCN(C(=O)c1cccc(F)c1)C1CCCCC1)N1CCNCC1.O=C(O)C(F)(F)F. The number of carboxylic acids is 1. The quantitative estimate of drug-likeness (QED) is 0.639. The molecule has 2 fully saturated rings. The first-order chi connectivity index (χ1) is 15.6. The lowest BCUT2D eigenvalue weighted by molar-refractivity contribution is -0.192. The Morgan fingerprint density at radius 1 is 1.09 bits per heavy atom. The number of halogens is 4. The third-order valence-corrected chi connectivity index (χ3v) is 5.63. The van der Waals surface area contributed by atoms with E-state index in [2.05, 4.69) is 5.32 Å². The molecule has 0 atom stereocenters. The van der Waals surface area contributed by atoms with Crippen molar-refractivity contribution in [2.24, 2.45) is 0 Å². The van der Waals surface area contributed by atoms with Crippen molar-refractivity contribution in [2.45, 2.75) is 50.7 Å². The van der Waals surface area contributed by atoms with Gasteiger partial charge in [0, 0.05) is 50.7 Å². The average Bonchev–Trinajstić information content (AvgIpc) is 2.80. The predicted octanol–water partition coefficient (Wildman–Crippen LogP) is 3.06. The molecule has 3 rings (SSSR count). The summed E-state index contributed by atoms with van der Waals surface area (Å²) >= 11 is 0. The van der Waals surface area contributed by atoms with Crippen molar-refractivity contribution < 1.29 is 37.1 Å². The number of amides is 2. The fourth-order valence-corrected chi connectivity index (χ4v) is 3.92. The Balaban J connectivity index is 0.000000479. The Kier molecular flexibility index (Phi) is 10.1. The third-order valence-electron chi connectivity index (χ3n) is 5.63. The Morgan fingerprint density at radius 3 is 2.24 bits per heavy atom. The smallest absolute Gasteiger partial charge is 0.475 e. The second-order valence-corrected chi connectivity index (χ2v) is 7.98. The fourth-order valence-electron chi connectivity index (χ4n) is 3.92. The molecular weight excluding hydrogens is 446 g/mol. The number of alkyl halides is 3. The van der Waals surface area contributed by atoms with Crippen molar-refractivity contribution in [2.75, 3.05) is 32.7 Å². The molecule has 184 valence electrons. The molecule has 1 aromatic rings. The van der Waals surface area contributed by atoms with Gasteiger partial charge in [-0.1, -0.05) is 25.3 Å². The van der Waals surface area contributed by atoms with Crippen molar-refractivity contribution in [1.82, 2.24) is 15.1 Å². The van der Waals surface area contributed by atoms with Crippen LogP contribution in [0, 0.1) is 5.82 Å². The summed E-state index contributed by atoms with van der Waals surface area (Å²) in [6, 6.07) is 5.99. The van der Waals surface area contributed by atoms with Crippen LogP contribution in [0.3, 0.4) is 0 Å². The predicted molar refractivity (Wildman–Crippen MR) is 112 cm³/mol. The van der Waals surface area contributed by atoms with Gasteiger partial charge in [-0.25, -0.2) is 9.18 Å². The van der Waals surface area contributed by atoms with E-state index in [4.69, 9.17) is 9.90 Å². The molecule has 1 aliphatic carbocycles. The molecule has 1 aromatic carbocycles. The van der Waals surface area contributed by atoms with Crippen molar-refractivity contribution in [3.8, 4) is 0 Å². The van der Waals surface area contributed by atoms with Gasteiger partial charge in [-0.05, 0) is 31.0 Å². The highest BCUT2D eigenvalue weighted by Gasteiger charge is 2.38. The van der Waals surface area contributed by atoms with Gasteiger partial charge < -0.3 is 20.2 Å². The van der Waals surface area contributed by atoms with Crippen LogP contribution in [-0.4, -0.2) is 77.6 Å². The highest BCUT2D eigenvalue weighted by Crippen LogP contribution is 2.24. The summed E-state index contributed by atoms with van der Waals surface area (Å²) in [4.78, 5) is 38.1. The molecule has 1 saturated heterocycles. The van der Waals surface area contributed by atoms with E-state index in [0.717, 1.165) is 51.9 Å². The van der Waals surface area contributed by atoms with Gasteiger partial charge in [-0.15, -0.1) is 0 Å². The molecule has 11 heteroatoms. The molecule has 7 nitrogen and oxygen atoms in total. The number of rotatable bonds is 5. The molecule has 0 radical (unpaired) electrons. The zero-order chi connectivity index (χ0) is 24.4. The molecule has 0 unspecified atom stereocenters. The second-order valence-electron chi connectivity index (χ2n) is 7.98. The van der Waals surface area contributed by atoms with E-state index in [1.807, 2.05) is 9.80 Å². The van der Waals surface area contributed by atoms with Gasteiger partial charge in [0.15, 0.2) is 0 Å². The topological polar surface area (TPSA) is 90.0 Å². The van der Waals surface area contributed by atoms with Crippen LogP contribution in [0.1, 0.15) is 48.9 Å². The molecular formula is C22H29F4N3O4. The minimum absolute atomic E-state index is 0.0966. The average molecular weight is 475 g/mol. The van der Waals surface area contributed by atoms with Gasteiger partial charge in [-0.3, -0.25) is 9.59 Å². The third kappa shape index (κ3) is 8.64. The van der Waals surface area contributed by atoms with Crippen LogP contribution in [0.15, 0.2) is 24.3 Å². The van der Waals surface area contributed by atoms with Gasteiger partial charge in [0.2, 0.25) is 5.91 Å². The standard InChI is InChI=1S/C20H28FN3O2.C2HF3O2/c21-17-6-4-5-16(15-17)20(26)24(18-7-2-1-3-8-18)12-9-19(25)23-13-10-22-11-14-23;3-2(4,5)1(6)7/h4-6,15,18,22H,1-3,7-14H2;(H,6,7). The fraction of sp³-hybridized carbons (Fsp3) is 0.591. The van der Waals surface area contributed by atoms with Crippen LogP contribution >= 0.6 is 0 Å². The van der Waals surface area contributed by atoms with Crippen LogP contribution < -0.4 is 5.32 Å². The van der Waals surface area contributed by atoms with Crippen molar-refractivity contribution in [3.05, 3.63) is 35.6 Å². The van der Waals surface area contributed by atoms with Crippen molar-refractivity contribution >= 4 is 17.8 Å². The monoisotopic (exact) mass is 475 g/mol. The van der Waals surface area contributed by atoms with Crippen molar-refractivity contribution in [3.63, 3.8) is 0 Å². The molecule has 1 saturated carbocycles. The molecule has 2 N–H and O–H groups in total. The van der Waals surface area contributed by atoms with E-state index in [1.165, 1.54) is 18.6 Å². The molecule has 0 spiro atoms. The van der Waals surface area contributed by atoms with Crippen LogP contribution in [0.4, 0.5) is 17.6 Å². The number of piperazine rings is 1. The van der Waals surface area contributed by atoms with Gasteiger partial charge in [0.05, 0.1) is 0 Å². The van der Waals surface area contributed by atoms with Gasteiger partial charge in [0.1, 0.15) is 5.82 Å². The number of hydrogen-bond donors (Lipinski definition) is 2. The minimum Gasteiger partial charge on any atom is -0.475 e. The summed E-state index contributed by atoms with van der Waals surface area (Å²) in [5, 5.41) is 10.4. The lowest BCUT2D eigenvalue weighted by Crippen LogP contribution is -2.48. The number of nitrogens with one attached hydrogen (secondary N) is 1. The lowest BCUT2D eigenvalue weighted by Gasteiger charge is -2.35. The highest BCUT2D eigenvalue weighted by molar-refractivity contribution is 5.94. The van der Waals surface area contributed by atoms with E-state index in [-0.39, 0.29) is 17.9 Å². The van der Waals surface area contributed by atoms with Crippen molar-refractivity contribution in [1.29, 1.82) is 0 Å². The molecule has 0 bridgehead atoms. The van der Waals surface area contributed by atoms with Crippen LogP contribution in [0.5, 0.6) is 0 Å². The molecule has 2 amide bonds. The van der Waals surface area contributed by atoms with Crippen LogP contribution in [-0.2, 0) is 9.59 Å². The van der Waals surface area contributed by atoms with Gasteiger partial charge >= 0.3 is 12.1 Å². The van der Waals surface area contributed by atoms with E-state index in [0.29, 0.717) is 18.5 Å². The van der Waals surface area contributed by atoms with Crippen LogP contribution in [0.2, 0.25) is 0 Å². The first-order valence-electron chi connectivity index (χ1n) is 10.9. The summed E-state index contributed by atoms with van der Waals surface area (Å²) in [5.41, 5.74) is 0.366. The maximum Gasteiger partial charge on any atom is 0.490 e. The minimum atomic E-state index is -5.08. The number of carbonyl (C=O) groups is 3. The summed E-state index contributed by atoms with van der Waals surface area (Å²) < 4.78 is 45.3. The van der Waals surface area contributed by atoms with Gasteiger partial charge in [0.25, 0.3) is 5.91 Å². The largest absolute Gasteiger partial charge is 0.490 e. The number of nitrogens with zero attached hydrogens (tertiary/aromatic N) is 2. The lowest BCUT2D eigenvalue weighted by atomic mass is 9.93. The summed E-state index contributed by atoms with van der Waals surface area (Å²) in [7, 11) is 0. The Morgan fingerprint density at radius 2 is 1.70 bits per heavy atom. The first-order valence-corrected chi connectivity index (χ1v) is 10.9. The van der Waals surface area contributed by atoms with Gasteiger partial charge in [-0.2, -0.15) is 13.2 Å². The first kappa shape index (κ1) is 26.6. The highest BCUT2D eigenvalue weighted by atomic mass is 19.4. The number of benzene rings is 1. The summed E-state index contributed by atoms with van der Waals surface area (Å²) in [6.45, 7) is 3.49. The molecule has 1 heterocycles. The van der Waals surface area contributed by atoms with E-state index >= 15 is 0 Å². The van der Waals surface area contributed by atoms with E-state index in [1.54, 1.807) is 12.1 Å². The maximum absolute atomic E-state index is 13.6. The Bertz CT molecular complexity index is 807. The number of aliphatic carboxylic acids is 1. The maximum atomic E-state index is 13.6. The number of hydrogen-bond acceptors (Lipinski definition) is 4. The zero-order valence-electron chi connectivity index (χ0n) is 18.2. The van der Waals surface area contributed by atoms with Crippen LogP contribution in [0.25, 0.3) is 0 Å². The molecule has 2 aliphatic rings. The summed E-state index contributed by atoms with van der Waals surface area (Å²) in [6.07, 6.45) is 0.564. The number of carbonyl (C=O) groups excluding carboxylic acids is 2. The zero-order valence-corrected chi connectivity index (χ0v) is 18.2. The summed E-state index contributed by atoms with van der Waals surface area (Å²) in [5.74, 6) is -3.23.